The van der Waals surface area contributed by atoms with E-state index in [1.807, 2.05) is 24.3 Å². The molecular formula is C15H16ClNOS. The van der Waals surface area contributed by atoms with E-state index in [-0.39, 0.29) is 0 Å². The number of fused-ring (bicyclic) bond motifs is 1. The number of nitrogens with one attached hydrogen (secondary N) is 1. The summed E-state index contributed by atoms with van der Waals surface area (Å²) in [5.74, 6) is 0. The first-order chi connectivity index (χ1) is 9.15. The van der Waals surface area contributed by atoms with E-state index in [1.165, 1.54) is 10.4 Å². The van der Waals surface area contributed by atoms with Gasteiger partial charge in [0.15, 0.2) is 0 Å². The van der Waals surface area contributed by atoms with Crippen molar-refractivity contribution >= 4 is 28.6 Å². The fourth-order valence-electron chi connectivity index (χ4n) is 2.66. The van der Waals surface area contributed by atoms with Gasteiger partial charge in [0.1, 0.15) is 0 Å². The van der Waals surface area contributed by atoms with Gasteiger partial charge in [-0.15, -0.1) is 11.3 Å². The molecule has 1 aromatic heterocycles. The van der Waals surface area contributed by atoms with Gasteiger partial charge in [-0.05, 0) is 37.5 Å². The Morgan fingerprint density at radius 1 is 1.42 bits per heavy atom. The third-order valence-corrected chi connectivity index (χ3v) is 4.93. The number of aliphatic hydroxyl groups is 1. The lowest BCUT2D eigenvalue weighted by atomic mass is 10.1. The van der Waals surface area contributed by atoms with Crippen molar-refractivity contribution < 1.29 is 5.11 Å². The van der Waals surface area contributed by atoms with Gasteiger partial charge in [-0.3, -0.25) is 0 Å². The monoisotopic (exact) mass is 293 g/mol. The summed E-state index contributed by atoms with van der Waals surface area (Å²) in [4.78, 5) is 1.39. The van der Waals surface area contributed by atoms with E-state index in [2.05, 4.69) is 11.4 Å². The molecule has 0 saturated carbocycles. The topological polar surface area (TPSA) is 32.3 Å². The second-order valence-electron chi connectivity index (χ2n) is 4.93. The van der Waals surface area contributed by atoms with Crippen LogP contribution in [0.2, 0.25) is 4.34 Å². The smallest absolute Gasteiger partial charge is 0.0934 e. The summed E-state index contributed by atoms with van der Waals surface area (Å²) in [7, 11) is 0. The zero-order chi connectivity index (χ0) is 13.4. The fourth-order valence-corrected chi connectivity index (χ4v) is 4.02. The molecule has 2 aromatic rings. The van der Waals surface area contributed by atoms with Crippen molar-refractivity contribution in [2.24, 2.45) is 0 Å². The molecule has 1 aliphatic rings. The Morgan fingerprint density at radius 3 is 3.00 bits per heavy atom. The van der Waals surface area contributed by atoms with Gasteiger partial charge in [0.25, 0.3) is 0 Å². The Labute approximate surface area is 122 Å². The third-order valence-electron chi connectivity index (χ3n) is 3.59. The average molecular weight is 294 g/mol. The van der Waals surface area contributed by atoms with Crippen LogP contribution >= 0.6 is 22.9 Å². The first kappa shape index (κ1) is 13.0. The molecule has 0 spiro atoms. The minimum absolute atomic E-state index is 0.304. The first-order valence-corrected chi connectivity index (χ1v) is 7.66. The van der Waals surface area contributed by atoms with Crippen molar-refractivity contribution in [1.82, 2.24) is 0 Å². The summed E-state index contributed by atoms with van der Waals surface area (Å²) < 4.78 is 0.861. The van der Waals surface area contributed by atoms with Crippen LogP contribution < -0.4 is 5.32 Å². The number of thiophene rings is 1. The van der Waals surface area contributed by atoms with Gasteiger partial charge in [-0.2, -0.15) is 0 Å². The molecule has 0 bridgehead atoms. The van der Waals surface area contributed by atoms with E-state index in [0.29, 0.717) is 6.04 Å². The van der Waals surface area contributed by atoms with Crippen molar-refractivity contribution in [2.45, 2.75) is 31.9 Å². The van der Waals surface area contributed by atoms with Gasteiger partial charge in [-0.25, -0.2) is 0 Å². The largest absolute Gasteiger partial charge is 0.389 e. The van der Waals surface area contributed by atoms with E-state index in [0.717, 1.165) is 28.4 Å². The zero-order valence-electron chi connectivity index (χ0n) is 10.7. The number of para-hydroxylation sites is 1. The highest BCUT2D eigenvalue weighted by Crippen LogP contribution is 2.41. The maximum Gasteiger partial charge on any atom is 0.0934 e. The molecule has 0 radical (unpaired) electrons. The summed E-state index contributed by atoms with van der Waals surface area (Å²) >= 11 is 7.76. The van der Waals surface area contributed by atoms with Gasteiger partial charge in [0.05, 0.1) is 16.5 Å². The second kappa shape index (κ2) is 5.16. The van der Waals surface area contributed by atoms with Crippen LogP contribution in [-0.2, 0) is 6.42 Å². The standard InChI is InChI=1S/C15H16ClNOS/c1-9(18)10-4-2-3-5-12(10)17-13-6-7-14-11(13)8-15(16)19-14/h2-5,8-9,13,17-18H,6-7H2,1H3. The Hall–Kier alpha value is -1.03. The van der Waals surface area contributed by atoms with E-state index in [4.69, 9.17) is 11.6 Å². The minimum Gasteiger partial charge on any atom is -0.389 e. The first-order valence-electron chi connectivity index (χ1n) is 6.47. The number of hydrogen-bond acceptors (Lipinski definition) is 3. The van der Waals surface area contributed by atoms with Crippen LogP contribution in [0.25, 0.3) is 0 Å². The number of benzene rings is 1. The molecule has 4 heteroatoms. The third kappa shape index (κ3) is 2.50. The Kier molecular flexibility index (Phi) is 3.52. The molecule has 0 fully saturated rings. The molecule has 2 atom stereocenters. The summed E-state index contributed by atoms with van der Waals surface area (Å²) in [6, 6.07) is 10.3. The zero-order valence-corrected chi connectivity index (χ0v) is 12.3. The number of hydrogen-bond donors (Lipinski definition) is 2. The van der Waals surface area contributed by atoms with Gasteiger partial charge < -0.3 is 10.4 Å². The van der Waals surface area contributed by atoms with Gasteiger partial charge in [-0.1, -0.05) is 29.8 Å². The van der Waals surface area contributed by atoms with Crippen LogP contribution in [0.15, 0.2) is 30.3 Å². The molecule has 0 amide bonds. The molecule has 2 unspecified atom stereocenters. The molecule has 2 nitrogen and oxygen atoms in total. The Bertz CT molecular complexity index is 594. The minimum atomic E-state index is -0.462. The van der Waals surface area contributed by atoms with Crippen LogP contribution in [0.5, 0.6) is 0 Å². The fraction of sp³-hybridized carbons (Fsp3) is 0.333. The molecule has 1 aliphatic carbocycles. The van der Waals surface area contributed by atoms with Gasteiger partial charge >= 0.3 is 0 Å². The number of rotatable bonds is 3. The molecule has 1 heterocycles. The van der Waals surface area contributed by atoms with E-state index >= 15 is 0 Å². The Balaban J connectivity index is 1.87. The molecule has 2 N–H and O–H groups in total. The van der Waals surface area contributed by atoms with Crippen molar-refractivity contribution in [1.29, 1.82) is 0 Å². The van der Waals surface area contributed by atoms with Crippen LogP contribution in [0.4, 0.5) is 5.69 Å². The number of halogens is 1. The highest BCUT2D eigenvalue weighted by molar-refractivity contribution is 7.16. The van der Waals surface area contributed by atoms with Crippen molar-refractivity contribution in [3.8, 4) is 0 Å². The van der Waals surface area contributed by atoms with Gasteiger partial charge in [0.2, 0.25) is 0 Å². The molecule has 0 saturated heterocycles. The van der Waals surface area contributed by atoms with Gasteiger partial charge in [0, 0.05) is 16.1 Å². The predicted molar refractivity (Wildman–Crippen MR) is 81.1 cm³/mol. The maximum atomic E-state index is 9.82. The van der Waals surface area contributed by atoms with Crippen molar-refractivity contribution in [2.75, 3.05) is 5.32 Å². The summed E-state index contributed by atoms with van der Waals surface area (Å²) in [6.07, 6.45) is 1.71. The van der Waals surface area contributed by atoms with Crippen molar-refractivity contribution in [3.63, 3.8) is 0 Å². The molecular weight excluding hydrogens is 278 g/mol. The molecule has 0 aliphatic heterocycles. The highest BCUT2D eigenvalue weighted by atomic mass is 35.5. The Morgan fingerprint density at radius 2 is 2.21 bits per heavy atom. The second-order valence-corrected chi connectivity index (χ2v) is 6.70. The quantitative estimate of drug-likeness (QED) is 0.870. The van der Waals surface area contributed by atoms with E-state index < -0.39 is 6.10 Å². The highest BCUT2D eigenvalue weighted by Gasteiger charge is 2.25. The lowest BCUT2D eigenvalue weighted by Crippen LogP contribution is -2.09. The van der Waals surface area contributed by atoms with Crippen LogP contribution in [-0.4, -0.2) is 5.11 Å². The van der Waals surface area contributed by atoms with E-state index in [9.17, 15) is 5.11 Å². The predicted octanol–water partition coefficient (Wildman–Crippen LogP) is 4.55. The SMILES string of the molecule is CC(O)c1ccccc1NC1CCc2sc(Cl)cc21. The molecule has 19 heavy (non-hydrogen) atoms. The number of aryl methyl sites for hydroxylation is 1. The number of anilines is 1. The van der Waals surface area contributed by atoms with Crippen LogP contribution in [0.1, 0.15) is 41.5 Å². The van der Waals surface area contributed by atoms with Crippen LogP contribution in [0.3, 0.4) is 0 Å². The lowest BCUT2D eigenvalue weighted by molar-refractivity contribution is 0.200. The normalized spacial score (nSPS) is 19.2. The van der Waals surface area contributed by atoms with E-state index in [1.54, 1.807) is 18.3 Å². The molecule has 1 aromatic carbocycles. The summed E-state index contributed by atoms with van der Waals surface area (Å²) in [6.45, 7) is 1.79. The maximum absolute atomic E-state index is 9.82. The lowest BCUT2D eigenvalue weighted by Gasteiger charge is -2.19. The summed E-state index contributed by atoms with van der Waals surface area (Å²) in [5.41, 5.74) is 3.27. The van der Waals surface area contributed by atoms with Crippen molar-refractivity contribution in [3.05, 3.63) is 50.7 Å². The average Bonchev–Trinajstić information content (AvgIpc) is 2.91. The molecule has 3 rings (SSSR count). The van der Waals surface area contributed by atoms with Crippen LogP contribution in [0, 0.1) is 0 Å². The number of aliphatic hydroxyl groups excluding tert-OH is 1. The molecule has 100 valence electrons. The summed E-state index contributed by atoms with van der Waals surface area (Å²) in [5, 5.41) is 13.4.